The van der Waals surface area contributed by atoms with Gasteiger partial charge in [-0.2, -0.15) is 0 Å². The van der Waals surface area contributed by atoms with Crippen molar-refractivity contribution < 1.29 is 23.1 Å². The van der Waals surface area contributed by atoms with Crippen molar-refractivity contribution >= 4 is 15.8 Å². The van der Waals surface area contributed by atoms with Crippen LogP contribution in [0.15, 0.2) is 41.3 Å². The zero-order chi connectivity index (χ0) is 19.5. The number of likely N-dealkylation sites (N-methyl/N-ethyl adjacent to an activating group) is 1. The van der Waals surface area contributed by atoms with E-state index in [0.29, 0.717) is 11.3 Å². The van der Waals surface area contributed by atoms with Crippen LogP contribution in [0.2, 0.25) is 0 Å². The first-order valence-corrected chi connectivity index (χ1v) is 9.96. The van der Waals surface area contributed by atoms with Gasteiger partial charge in [-0.3, -0.25) is 0 Å². The Morgan fingerprint density at radius 1 is 1.15 bits per heavy atom. The van der Waals surface area contributed by atoms with Gasteiger partial charge < -0.3 is 14.7 Å². The number of aromatic carboxylic acids is 1. The van der Waals surface area contributed by atoms with E-state index in [2.05, 4.69) is 4.90 Å². The normalized spacial score (nSPS) is 11.6. The molecule has 0 heterocycles. The highest BCUT2D eigenvalue weighted by Crippen LogP contribution is 2.32. The van der Waals surface area contributed by atoms with Gasteiger partial charge in [-0.15, -0.1) is 0 Å². The van der Waals surface area contributed by atoms with Gasteiger partial charge in [-0.05, 0) is 62.8 Å². The highest BCUT2D eigenvalue weighted by atomic mass is 32.2. The maximum absolute atomic E-state index is 12.1. The first-order chi connectivity index (χ1) is 12.1. The van der Waals surface area contributed by atoms with E-state index in [1.54, 1.807) is 19.1 Å². The van der Waals surface area contributed by atoms with Gasteiger partial charge in [0.2, 0.25) is 0 Å². The van der Waals surface area contributed by atoms with Gasteiger partial charge in [0.1, 0.15) is 16.4 Å². The Morgan fingerprint density at radius 3 is 2.27 bits per heavy atom. The van der Waals surface area contributed by atoms with E-state index in [4.69, 9.17) is 4.74 Å². The van der Waals surface area contributed by atoms with Crippen molar-refractivity contribution in [1.82, 2.24) is 4.90 Å². The third-order valence-electron chi connectivity index (χ3n) is 3.92. The Bertz CT molecular complexity index is 902. The van der Waals surface area contributed by atoms with Crippen molar-refractivity contribution in [1.29, 1.82) is 0 Å². The molecule has 0 saturated heterocycles. The second-order valence-electron chi connectivity index (χ2n) is 6.49. The Labute approximate surface area is 153 Å². The fourth-order valence-corrected chi connectivity index (χ4v) is 3.26. The van der Waals surface area contributed by atoms with Crippen LogP contribution < -0.4 is 4.74 Å². The van der Waals surface area contributed by atoms with Crippen LogP contribution in [-0.4, -0.2) is 51.3 Å². The van der Waals surface area contributed by atoms with Crippen molar-refractivity contribution in [3.8, 4) is 11.5 Å². The fourth-order valence-electron chi connectivity index (χ4n) is 2.47. The summed E-state index contributed by atoms with van der Waals surface area (Å²) in [7, 11) is 0.368. The van der Waals surface area contributed by atoms with E-state index in [9.17, 15) is 18.3 Å². The molecule has 7 heteroatoms. The minimum Gasteiger partial charge on any atom is -0.478 e. The molecule has 0 atom stereocenters. The van der Waals surface area contributed by atoms with Gasteiger partial charge in [0, 0.05) is 12.8 Å². The summed E-state index contributed by atoms with van der Waals surface area (Å²) in [5.74, 6) is -0.564. The number of sulfone groups is 1. The molecule has 0 radical (unpaired) electrons. The molecule has 0 aliphatic rings. The van der Waals surface area contributed by atoms with E-state index < -0.39 is 15.8 Å². The Morgan fingerprint density at radius 2 is 1.77 bits per heavy atom. The number of hydrogen-bond acceptors (Lipinski definition) is 5. The molecule has 0 bridgehead atoms. The standard InChI is InChI=1S/C19H23NO5S/c1-13-11-17(18(26(4,23)24)12-16(13)19(21)22)25-15-7-5-14(6-8-15)9-10-20(2)3/h5-8,11-12H,9-10H2,1-4H3,(H,21,22). The first kappa shape index (κ1) is 19.9. The third-order valence-corrected chi connectivity index (χ3v) is 5.04. The predicted molar refractivity (Wildman–Crippen MR) is 100 cm³/mol. The van der Waals surface area contributed by atoms with Crippen LogP contribution in [0.1, 0.15) is 21.5 Å². The average molecular weight is 377 g/mol. The summed E-state index contributed by atoms with van der Waals surface area (Å²) in [5, 5.41) is 9.22. The van der Waals surface area contributed by atoms with Crippen LogP contribution in [0, 0.1) is 6.92 Å². The molecule has 2 rings (SSSR count). The van der Waals surface area contributed by atoms with Gasteiger partial charge in [0.05, 0.1) is 5.56 Å². The van der Waals surface area contributed by atoms with Crippen molar-refractivity contribution in [3.63, 3.8) is 0 Å². The summed E-state index contributed by atoms with van der Waals surface area (Å²) in [6, 6.07) is 10.00. The molecular weight excluding hydrogens is 354 g/mol. The van der Waals surface area contributed by atoms with Crippen molar-refractivity contribution in [2.75, 3.05) is 26.9 Å². The smallest absolute Gasteiger partial charge is 0.335 e. The number of hydrogen-bond donors (Lipinski definition) is 1. The van der Waals surface area contributed by atoms with Gasteiger partial charge >= 0.3 is 5.97 Å². The molecule has 2 aromatic carbocycles. The number of carbonyl (C=O) groups is 1. The van der Waals surface area contributed by atoms with Gasteiger partial charge in [0.25, 0.3) is 0 Å². The predicted octanol–water partition coefficient (Wildman–Crippen LogP) is 2.99. The van der Waals surface area contributed by atoms with Crippen molar-refractivity contribution in [2.45, 2.75) is 18.2 Å². The lowest BCUT2D eigenvalue weighted by Gasteiger charge is -2.14. The number of nitrogens with zero attached hydrogens (tertiary/aromatic N) is 1. The van der Waals surface area contributed by atoms with E-state index in [1.807, 2.05) is 26.2 Å². The zero-order valence-corrected chi connectivity index (χ0v) is 16.1. The average Bonchev–Trinajstić information content (AvgIpc) is 2.52. The van der Waals surface area contributed by atoms with Crippen molar-refractivity contribution in [2.24, 2.45) is 0 Å². The summed E-state index contributed by atoms with van der Waals surface area (Å²) in [6.07, 6.45) is 1.93. The number of ether oxygens (including phenoxy) is 1. The molecule has 1 N–H and O–H groups in total. The number of carboxylic acid groups (broad SMARTS) is 1. The zero-order valence-electron chi connectivity index (χ0n) is 15.3. The lowest BCUT2D eigenvalue weighted by molar-refractivity contribution is 0.0696. The first-order valence-electron chi connectivity index (χ1n) is 8.07. The summed E-state index contributed by atoms with van der Waals surface area (Å²) >= 11 is 0. The Balaban J connectivity index is 2.34. The molecular formula is C19H23NO5S. The van der Waals surface area contributed by atoms with Crippen molar-refractivity contribution in [3.05, 3.63) is 53.1 Å². The lowest BCUT2D eigenvalue weighted by atomic mass is 10.1. The minimum atomic E-state index is -3.65. The summed E-state index contributed by atoms with van der Waals surface area (Å²) in [6.45, 7) is 2.53. The molecule has 0 aliphatic heterocycles. The fraction of sp³-hybridized carbons (Fsp3) is 0.316. The molecule has 0 aromatic heterocycles. The second kappa shape index (κ2) is 7.88. The van der Waals surface area contributed by atoms with E-state index in [-0.39, 0.29) is 16.2 Å². The monoisotopic (exact) mass is 377 g/mol. The minimum absolute atomic E-state index is 0.0585. The topological polar surface area (TPSA) is 83.9 Å². The van der Waals surface area contributed by atoms with E-state index in [0.717, 1.165) is 30.9 Å². The molecule has 0 fully saturated rings. The molecule has 140 valence electrons. The molecule has 26 heavy (non-hydrogen) atoms. The molecule has 2 aromatic rings. The lowest BCUT2D eigenvalue weighted by Crippen LogP contribution is -2.14. The van der Waals surface area contributed by atoms with Crippen LogP contribution in [-0.2, 0) is 16.3 Å². The van der Waals surface area contributed by atoms with Crippen LogP contribution >= 0.6 is 0 Å². The van der Waals surface area contributed by atoms with Gasteiger partial charge in [-0.1, -0.05) is 12.1 Å². The van der Waals surface area contributed by atoms with E-state index in [1.165, 1.54) is 6.07 Å². The molecule has 6 nitrogen and oxygen atoms in total. The SMILES string of the molecule is Cc1cc(Oc2ccc(CCN(C)C)cc2)c(S(C)(=O)=O)cc1C(=O)O. The van der Waals surface area contributed by atoms with E-state index >= 15 is 0 Å². The number of benzene rings is 2. The highest BCUT2D eigenvalue weighted by molar-refractivity contribution is 7.90. The second-order valence-corrected chi connectivity index (χ2v) is 8.47. The van der Waals surface area contributed by atoms with Crippen LogP contribution in [0.25, 0.3) is 0 Å². The molecule has 0 saturated carbocycles. The van der Waals surface area contributed by atoms with Crippen LogP contribution in [0.5, 0.6) is 11.5 Å². The van der Waals surface area contributed by atoms with Crippen LogP contribution in [0.3, 0.4) is 0 Å². The summed E-state index contributed by atoms with van der Waals surface area (Å²) < 4.78 is 29.9. The summed E-state index contributed by atoms with van der Waals surface area (Å²) in [5.41, 5.74) is 1.52. The highest BCUT2D eigenvalue weighted by Gasteiger charge is 2.20. The van der Waals surface area contributed by atoms with Gasteiger partial charge in [-0.25, -0.2) is 13.2 Å². The third kappa shape index (κ3) is 5.06. The molecule has 0 spiro atoms. The number of carboxylic acids is 1. The number of rotatable bonds is 7. The number of aryl methyl sites for hydroxylation is 1. The Kier molecular flexibility index (Phi) is 6.05. The molecule has 0 aliphatic carbocycles. The maximum Gasteiger partial charge on any atom is 0.335 e. The van der Waals surface area contributed by atoms with Gasteiger partial charge in [0.15, 0.2) is 9.84 Å². The maximum atomic E-state index is 12.1. The molecule has 0 unspecified atom stereocenters. The summed E-state index contributed by atoms with van der Waals surface area (Å²) in [4.78, 5) is 13.2. The largest absolute Gasteiger partial charge is 0.478 e. The van der Waals surface area contributed by atoms with Crippen LogP contribution in [0.4, 0.5) is 0 Å². The molecule has 0 amide bonds. The Hall–Kier alpha value is -2.38. The quantitative estimate of drug-likeness (QED) is 0.799.